The van der Waals surface area contributed by atoms with Crippen LogP contribution in [0.25, 0.3) is 0 Å². The fourth-order valence-corrected chi connectivity index (χ4v) is 3.20. The lowest BCUT2D eigenvalue weighted by atomic mass is 9.95. The SMILES string of the molecule is CCCCCOC(=O)C1=C(C)Nc2nnnn2[C@@H]1c1ccc(OC)cc1OC. The van der Waals surface area contributed by atoms with Gasteiger partial charge >= 0.3 is 5.97 Å². The molecule has 9 heteroatoms. The molecular formula is C19H25N5O4. The molecular weight excluding hydrogens is 362 g/mol. The predicted octanol–water partition coefficient (Wildman–Crippen LogP) is 2.71. The number of hydrogen-bond donors (Lipinski definition) is 1. The van der Waals surface area contributed by atoms with E-state index in [1.54, 1.807) is 25.0 Å². The van der Waals surface area contributed by atoms with E-state index in [0.29, 0.717) is 35.3 Å². The van der Waals surface area contributed by atoms with Crippen molar-refractivity contribution in [3.8, 4) is 11.5 Å². The van der Waals surface area contributed by atoms with Crippen molar-refractivity contribution in [2.75, 3.05) is 26.1 Å². The number of nitrogens with zero attached hydrogens (tertiary/aromatic N) is 4. The highest BCUT2D eigenvalue weighted by Crippen LogP contribution is 2.40. The second-order valence-corrected chi connectivity index (χ2v) is 6.46. The molecule has 0 unspecified atom stereocenters. The van der Waals surface area contributed by atoms with Gasteiger partial charge in [0.05, 0.1) is 26.4 Å². The molecule has 0 amide bonds. The quantitative estimate of drug-likeness (QED) is 0.545. The molecule has 1 aliphatic heterocycles. The Labute approximate surface area is 163 Å². The lowest BCUT2D eigenvalue weighted by Gasteiger charge is -2.28. The summed E-state index contributed by atoms with van der Waals surface area (Å²) in [6.07, 6.45) is 2.89. The van der Waals surface area contributed by atoms with Crippen molar-refractivity contribution in [3.05, 3.63) is 35.0 Å². The van der Waals surface area contributed by atoms with Gasteiger partial charge in [-0.2, -0.15) is 4.68 Å². The van der Waals surface area contributed by atoms with Crippen molar-refractivity contribution in [2.45, 2.75) is 39.2 Å². The molecule has 1 N–H and O–H groups in total. The third-order valence-electron chi connectivity index (χ3n) is 4.65. The minimum absolute atomic E-state index is 0.373. The van der Waals surface area contributed by atoms with Gasteiger partial charge in [-0.05, 0) is 35.9 Å². The van der Waals surface area contributed by atoms with Gasteiger partial charge in [0.1, 0.15) is 17.5 Å². The van der Waals surface area contributed by atoms with Gasteiger partial charge in [0.2, 0.25) is 5.95 Å². The van der Waals surface area contributed by atoms with Crippen LogP contribution in [-0.2, 0) is 9.53 Å². The maximum Gasteiger partial charge on any atom is 0.338 e. The van der Waals surface area contributed by atoms with E-state index in [2.05, 4.69) is 27.8 Å². The Balaban J connectivity index is 2.01. The average molecular weight is 387 g/mol. The summed E-state index contributed by atoms with van der Waals surface area (Å²) in [5, 5.41) is 14.9. The number of tetrazole rings is 1. The molecule has 0 saturated carbocycles. The molecule has 0 radical (unpaired) electrons. The summed E-state index contributed by atoms with van der Waals surface area (Å²) in [4.78, 5) is 12.9. The van der Waals surface area contributed by atoms with Crippen LogP contribution < -0.4 is 14.8 Å². The Morgan fingerprint density at radius 1 is 1.25 bits per heavy atom. The highest BCUT2D eigenvalue weighted by Gasteiger charge is 2.36. The van der Waals surface area contributed by atoms with Crippen molar-refractivity contribution >= 4 is 11.9 Å². The largest absolute Gasteiger partial charge is 0.497 e. The first kappa shape index (κ1) is 19.7. The maximum atomic E-state index is 12.9. The fourth-order valence-electron chi connectivity index (χ4n) is 3.20. The molecule has 2 aromatic rings. The van der Waals surface area contributed by atoms with Crippen LogP contribution in [0.15, 0.2) is 29.5 Å². The number of methoxy groups -OCH3 is 2. The van der Waals surface area contributed by atoms with Crippen LogP contribution in [0, 0.1) is 0 Å². The third kappa shape index (κ3) is 3.78. The van der Waals surface area contributed by atoms with Crippen molar-refractivity contribution < 1.29 is 19.0 Å². The lowest BCUT2D eigenvalue weighted by molar-refractivity contribution is -0.139. The summed E-state index contributed by atoms with van der Waals surface area (Å²) in [7, 11) is 3.15. The second-order valence-electron chi connectivity index (χ2n) is 6.46. The average Bonchev–Trinajstić information content (AvgIpc) is 3.17. The summed E-state index contributed by atoms with van der Waals surface area (Å²) < 4.78 is 17.9. The number of allylic oxidation sites excluding steroid dienone is 1. The topological polar surface area (TPSA) is 100 Å². The molecule has 28 heavy (non-hydrogen) atoms. The summed E-state index contributed by atoms with van der Waals surface area (Å²) in [6, 6.07) is 4.84. The smallest absolute Gasteiger partial charge is 0.338 e. The predicted molar refractivity (Wildman–Crippen MR) is 102 cm³/mol. The van der Waals surface area contributed by atoms with Crippen LogP contribution in [-0.4, -0.2) is 47.0 Å². The normalized spacial score (nSPS) is 15.6. The Morgan fingerprint density at radius 3 is 2.79 bits per heavy atom. The molecule has 1 aromatic carbocycles. The van der Waals surface area contributed by atoms with Gasteiger partial charge in [-0.1, -0.05) is 24.9 Å². The Kier molecular flexibility index (Phi) is 6.13. The van der Waals surface area contributed by atoms with E-state index in [1.165, 1.54) is 0 Å². The minimum Gasteiger partial charge on any atom is -0.497 e. The molecule has 9 nitrogen and oxygen atoms in total. The van der Waals surface area contributed by atoms with Crippen molar-refractivity contribution in [3.63, 3.8) is 0 Å². The molecule has 1 aromatic heterocycles. The molecule has 0 spiro atoms. The van der Waals surface area contributed by atoms with Gasteiger partial charge in [-0.3, -0.25) is 0 Å². The second kappa shape index (κ2) is 8.73. The van der Waals surface area contributed by atoms with Gasteiger partial charge in [0.15, 0.2) is 0 Å². The van der Waals surface area contributed by atoms with Crippen molar-refractivity contribution in [1.82, 2.24) is 20.2 Å². The van der Waals surface area contributed by atoms with Crippen LogP contribution in [0.2, 0.25) is 0 Å². The zero-order valence-corrected chi connectivity index (χ0v) is 16.6. The van der Waals surface area contributed by atoms with Crippen LogP contribution in [0.3, 0.4) is 0 Å². The third-order valence-corrected chi connectivity index (χ3v) is 4.65. The number of benzene rings is 1. The number of nitrogens with one attached hydrogen (secondary N) is 1. The summed E-state index contributed by atoms with van der Waals surface area (Å²) in [5.41, 5.74) is 1.82. The number of fused-ring (bicyclic) bond motifs is 1. The number of ether oxygens (including phenoxy) is 3. The molecule has 150 valence electrons. The number of hydrogen-bond acceptors (Lipinski definition) is 8. The summed E-state index contributed by atoms with van der Waals surface area (Å²) >= 11 is 0. The Bertz CT molecular complexity index is 877. The van der Waals surface area contributed by atoms with Gasteiger partial charge in [0, 0.05) is 17.3 Å². The van der Waals surface area contributed by atoms with E-state index in [9.17, 15) is 4.79 Å². The van der Waals surface area contributed by atoms with Gasteiger partial charge in [-0.15, -0.1) is 0 Å². The number of carbonyl (C=O) groups is 1. The molecule has 0 saturated heterocycles. The number of unbranched alkanes of at least 4 members (excludes halogenated alkanes) is 2. The first-order chi connectivity index (χ1) is 13.6. The highest BCUT2D eigenvalue weighted by atomic mass is 16.5. The molecule has 2 heterocycles. The van der Waals surface area contributed by atoms with Gasteiger partial charge in [0.25, 0.3) is 0 Å². The van der Waals surface area contributed by atoms with Gasteiger partial charge in [-0.25, -0.2) is 4.79 Å². The zero-order valence-electron chi connectivity index (χ0n) is 16.6. The number of esters is 1. The number of aromatic nitrogens is 4. The molecule has 0 aliphatic carbocycles. The van der Waals surface area contributed by atoms with Crippen LogP contribution in [0.4, 0.5) is 5.95 Å². The fraction of sp³-hybridized carbons (Fsp3) is 0.474. The first-order valence-electron chi connectivity index (χ1n) is 9.25. The van der Waals surface area contributed by atoms with E-state index in [1.807, 2.05) is 19.1 Å². The van der Waals surface area contributed by atoms with Crippen molar-refractivity contribution in [2.24, 2.45) is 0 Å². The Hall–Kier alpha value is -3.10. The summed E-state index contributed by atoms with van der Waals surface area (Å²) in [5.74, 6) is 1.26. The van der Waals surface area contributed by atoms with E-state index in [-0.39, 0.29) is 0 Å². The molecule has 0 bridgehead atoms. The van der Waals surface area contributed by atoms with E-state index in [0.717, 1.165) is 24.8 Å². The highest BCUT2D eigenvalue weighted by molar-refractivity contribution is 5.92. The van der Waals surface area contributed by atoms with E-state index >= 15 is 0 Å². The first-order valence-corrected chi connectivity index (χ1v) is 9.25. The van der Waals surface area contributed by atoms with Crippen molar-refractivity contribution in [1.29, 1.82) is 0 Å². The van der Waals surface area contributed by atoms with Crippen LogP contribution >= 0.6 is 0 Å². The van der Waals surface area contributed by atoms with Crippen LogP contribution in [0.1, 0.15) is 44.7 Å². The zero-order chi connectivity index (χ0) is 20.1. The number of anilines is 1. The molecule has 3 rings (SSSR count). The van der Waals surface area contributed by atoms with Crippen LogP contribution in [0.5, 0.6) is 11.5 Å². The van der Waals surface area contributed by atoms with E-state index in [4.69, 9.17) is 14.2 Å². The maximum absolute atomic E-state index is 12.9. The van der Waals surface area contributed by atoms with E-state index < -0.39 is 12.0 Å². The summed E-state index contributed by atoms with van der Waals surface area (Å²) in [6.45, 7) is 4.28. The standard InChI is InChI=1S/C19H25N5O4/c1-5-6-7-10-28-18(25)16-12(2)20-19-21-22-23-24(19)17(16)14-9-8-13(26-3)11-15(14)27-4/h8-9,11,17H,5-7,10H2,1-4H3,(H,20,21,23)/t17-/m1/s1. The van der Waals surface area contributed by atoms with Gasteiger partial charge < -0.3 is 19.5 Å². The minimum atomic E-state index is -0.578. The lowest BCUT2D eigenvalue weighted by Crippen LogP contribution is -2.30. The Morgan fingerprint density at radius 2 is 2.07 bits per heavy atom. The molecule has 0 fully saturated rings. The molecule has 1 aliphatic rings. The molecule has 1 atom stereocenters. The monoisotopic (exact) mass is 387 g/mol. The number of carbonyl (C=O) groups excluding carboxylic acids is 1. The number of rotatable bonds is 8.